The summed E-state index contributed by atoms with van der Waals surface area (Å²) in [7, 11) is 0. The van der Waals surface area contributed by atoms with Gasteiger partial charge in [0.2, 0.25) is 0 Å². The van der Waals surface area contributed by atoms with E-state index < -0.39 is 0 Å². The van der Waals surface area contributed by atoms with Crippen LogP contribution in [0, 0.1) is 69.2 Å². The molecule has 0 N–H and O–H groups in total. The second-order valence-corrected chi connectivity index (χ2v) is 16.6. The van der Waals surface area contributed by atoms with E-state index in [0.29, 0.717) is 0 Å². The molecule has 0 atom stereocenters. The summed E-state index contributed by atoms with van der Waals surface area (Å²) < 4.78 is 0. The molecular weight excluding hydrogens is 725 g/mol. The summed E-state index contributed by atoms with van der Waals surface area (Å²) in [5.74, 6) is 0. The molecule has 0 saturated heterocycles. The highest BCUT2D eigenvalue weighted by Crippen LogP contribution is 2.49. The maximum absolute atomic E-state index is 2.46. The van der Waals surface area contributed by atoms with Gasteiger partial charge in [0.25, 0.3) is 0 Å². The molecule has 2 heteroatoms. The monoisotopic (exact) mass is 780 g/mol. The topological polar surface area (TPSA) is 6.48 Å². The molecule has 0 spiro atoms. The van der Waals surface area contributed by atoms with Gasteiger partial charge in [0.05, 0.1) is 11.4 Å². The fourth-order valence-corrected chi connectivity index (χ4v) is 9.08. The minimum Gasteiger partial charge on any atom is -0.310 e. The number of nitrogens with zero attached hydrogens (tertiary/aromatic N) is 2. The van der Waals surface area contributed by atoms with Gasteiger partial charge in [-0.3, -0.25) is 0 Å². The van der Waals surface area contributed by atoms with Crippen molar-refractivity contribution in [2.24, 2.45) is 0 Å². The highest BCUT2D eigenvalue weighted by Gasteiger charge is 2.28. The lowest BCUT2D eigenvalue weighted by molar-refractivity contribution is 1.14. The van der Waals surface area contributed by atoms with Crippen LogP contribution in [0.15, 0.2) is 158 Å². The van der Waals surface area contributed by atoms with Crippen LogP contribution in [0.1, 0.15) is 55.6 Å². The molecule has 298 valence electrons. The van der Waals surface area contributed by atoms with Crippen LogP contribution in [0.25, 0.3) is 33.4 Å². The van der Waals surface area contributed by atoms with Gasteiger partial charge in [-0.15, -0.1) is 0 Å². The third-order valence-corrected chi connectivity index (χ3v) is 12.9. The van der Waals surface area contributed by atoms with Crippen molar-refractivity contribution in [2.45, 2.75) is 69.2 Å². The number of hydrogen-bond donors (Lipinski definition) is 0. The SMILES string of the molecule is Cc1ccc(N(c2ccc(-c3ccccc3)cc2)c2c(C)c(C)c(-c3c(C)c(C)c(N(c4ccc(C)cc4)c4ccc(-c5ccccc5)cc4)c(C)c3C)c(C)c2C)cc1. The standard InChI is InChI=1S/C58H56N2/c1-37-21-29-51(30-22-37)59(53-33-25-49(26-34-53)47-17-13-11-14-18-47)57-43(7)39(3)55(40(4)44(57)8)56-41(5)45(9)58(46(10)42(56)6)60(52-31-23-38(2)24-32-52)54-35-27-50(28-36-54)48-19-15-12-16-20-48/h11-36H,1-10H3. The molecule has 2 nitrogen and oxygen atoms in total. The van der Waals surface area contributed by atoms with Crippen LogP contribution in [0.3, 0.4) is 0 Å². The molecular formula is C58H56N2. The zero-order valence-electron chi connectivity index (χ0n) is 36.9. The first-order chi connectivity index (χ1) is 28.9. The zero-order valence-corrected chi connectivity index (χ0v) is 36.9. The lowest BCUT2D eigenvalue weighted by Crippen LogP contribution is -2.16. The minimum absolute atomic E-state index is 1.15. The van der Waals surface area contributed by atoms with Crippen LogP contribution in [0.2, 0.25) is 0 Å². The van der Waals surface area contributed by atoms with E-state index in [-0.39, 0.29) is 0 Å². The third-order valence-electron chi connectivity index (χ3n) is 12.9. The molecule has 8 aromatic rings. The molecule has 60 heavy (non-hydrogen) atoms. The van der Waals surface area contributed by atoms with Crippen molar-refractivity contribution < 1.29 is 0 Å². The molecule has 0 saturated carbocycles. The van der Waals surface area contributed by atoms with Gasteiger partial charge in [-0.2, -0.15) is 0 Å². The second kappa shape index (κ2) is 16.5. The number of hydrogen-bond acceptors (Lipinski definition) is 2. The van der Waals surface area contributed by atoms with Gasteiger partial charge in [-0.1, -0.05) is 120 Å². The van der Waals surface area contributed by atoms with E-state index in [1.807, 2.05) is 0 Å². The van der Waals surface area contributed by atoms with Crippen molar-refractivity contribution in [1.29, 1.82) is 0 Å². The molecule has 0 fully saturated rings. The molecule has 0 aliphatic heterocycles. The predicted molar refractivity (Wildman–Crippen MR) is 259 cm³/mol. The number of anilines is 6. The first-order valence-corrected chi connectivity index (χ1v) is 21.2. The minimum atomic E-state index is 1.15. The van der Waals surface area contributed by atoms with Gasteiger partial charge in [0.15, 0.2) is 0 Å². The van der Waals surface area contributed by atoms with E-state index in [2.05, 4.69) is 237 Å². The Balaban J connectivity index is 1.28. The average molecular weight is 781 g/mol. The predicted octanol–water partition coefficient (Wildman–Crippen LogP) is 16.7. The Morgan fingerprint density at radius 2 is 0.467 bits per heavy atom. The Morgan fingerprint density at radius 3 is 0.733 bits per heavy atom. The fraction of sp³-hybridized carbons (Fsp3) is 0.172. The van der Waals surface area contributed by atoms with Gasteiger partial charge < -0.3 is 9.80 Å². The molecule has 0 heterocycles. The number of rotatable bonds is 9. The number of benzene rings is 8. The quantitative estimate of drug-likeness (QED) is 0.144. The molecule has 8 aromatic carbocycles. The summed E-state index contributed by atoms with van der Waals surface area (Å²) in [4.78, 5) is 4.93. The number of aryl methyl sites for hydroxylation is 2. The molecule has 8 rings (SSSR count). The molecule has 0 bridgehead atoms. The normalized spacial score (nSPS) is 11.2. The summed E-state index contributed by atoms with van der Waals surface area (Å²) >= 11 is 0. The summed E-state index contributed by atoms with van der Waals surface area (Å²) in [6.07, 6.45) is 0. The van der Waals surface area contributed by atoms with Crippen LogP contribution in [-0.2, 0) is 0 Å². The van der Waals surface area contributed by atoms with Crippen LogP contribution in [0.5, 0.6) is 0 Å². The Morgan fingerprint density at radius 1 is 0.233 bits per heavy atom. The van der Waals surface area contributed by atoms with E-state index in [1.165, 1.54) is 100 Å². The Kier molecular flexibility index (Phi) is 11.1. The van der Waals surface area contributed by atoms with E-state index in [0.717, 1.165) is 22.7 Å². The second-order valence-electron chi connectivity index (χ2n) is 16.6. The van der Waals surface area contributed by atoms with Crippen molar-refractivity contribution in [3.05, 3.63) is 213 Å². The summed E-state index contributed by atoms with van der Waals surface area (Å²) in [5.41, 5.74) is 27.6. The van der Waals surface area contributed by atoms with Crippen molar-refractivity contribution in [2.75, 3.05) is 9.80 Å². The summed E-state index contributed by atoms with van der Waals surface area (Å²) in [5, 5.41) is 0. The largest absolute Gasteiger partial charge is 0.310 e. The lowest BCUT2D eigenvalue weighted by atomic mass is 9.81. The van der Waals surface area contributed by atoms with E-state index in [4.69, 9.17) is 0 Å². The highest BCUT2D eigenvalue weighted by atomic mass is 15.2. The van der Waals surface area contributed by atoms with E-state index >= 15 is 0 Å². The maximum atomic E-state index is 2.46. The molecule has 0 aromatic heterocycles. The molecule has 0 unspecified atom stereocenters. The van der Waals surface area contributed by atoms with E-state index in [1.54, 1.807) is 0 Å². The molecule has 0 amide bonds. The average Bonchev–Trinajstić information content (AvgIpc) is 3.28. The Hall–Kier alpha value is -6.64. The Bertz CT molecular complexity index is 2540. The fourth-order valence-electron chi connectivity index (χ4n) is 9.08. The van der Waals surface area contributed by atoms with Crippen LogP contribution < -0.4 is 9.80 Å². The molecule has 0 aliphatic rings. The third kappa shape index (κ3) is 7.32. The van der Waals surface area contributed by atoms with E-state index in [9.17, 15) is 0 Å². The van der Waals surface area contributed by atoms with Gasteiger partial charge in [-0.05, 0) is 196 Å². The van der Waals surface area contributed by atoms with Crippen LogP contribution in [0.4, 0.5) is 34.1 Å². The lowest BCUT2D eigenvalue weighted by Gasteiger charge is -2.34. The van der Waals surface area contributed by atoms with Gasteiger partial charge >= 0.3 is 0 Å². The van der Waals surface area contributed by atoms with Crippen LogP contribution >= 0.6 is 0 Å². The first-order valence-electron chi connectivity index (χ1n) is 21.2. The zero-order chi connectivity index (χ0) is 42.2. The van der Waals surface area contributed by atoms with Gasteiger partial charge in [-0.25, -0.2) is 0 Å². The Labute approximate surface area is 358 Å². The van der Waals surface area contributed by atoms with Crippen LogP contribution in [-0.4, -0.2) is 0 Å². The van der Waals surface area contributed by atoms with Gasteiger partial charge in [0, 0.05) is 22.7 Å². The van der Waals surface area contributed by atoms with Gasteiger partial charge in [0.1, 0.15) is 0 Å². The van der Waals surface area contributed by atoms with Crippen molar-refractivity contribution in [1.82, 2.24) is 0 Å². The van der Waals surface area contributed by atoms with Crippen molar-refractivity contribution in [3.63, 3.8) is 0 Å². The summed E-state index contributed by atoms with van der Waals surface area (Å²) in [6.45, 7) is 22.9. The molecule has 0 aliphatic carbocycles. The maximum Gasteiger partial charge on any atom is 0.0525 e. The summed E-state index contributed by atoms with van der Waals surface area (Å²) in [6, 6.07) is 57.3. The highest BCUT2D eigenvalue weighted by molar-refractivity contribution is 5.92. The van der Waals surface area contributed by atoms with Crippen molar-refractivity contribution in [3.8, 4) is 33.4 Å². The van der Waals surface area contributed by atoms with Crippen molar-refractivity contribution >= 4 is 34.1 Å². The molecule has 0 radical (unpaired) electrons. The smallest absolute Gasteiger partial charge is 0.0525 e. The first kappa shape index (κ1) is 40.2.